The SMILES string of the molecule is COc1c(N2CCS(=O)(=O)CC2C)nc[nH]c1=O. The Morgan fingerprint density at radius 3 is 2.89 bits per heavy atom. The predicted molar refractivity (Wildman–Crippen MR) is 66.9 cm³/mol. The lowest BCUT2D eigenvalue weighted by molar-refractivity contribution is 0.404. The summed E-state index contributed by atoms with van der Waals surface area (Å²) in [6.45, 7) is 2.11. The standard InChI is InChI=1S/C10H15N3O4S/c1-7-5-18(15,16)4-3-13(7)9-8(17-2)10(14)12-6-11-9/h6-7H,3-5H2,1-2H3,(H,11,12,14). The number of anilines is 1. The van der Waals surface area contributed by atoms with Crippen LogP contribution in [0.1, 0.15) is 6.92 Å². The van der Waals surface area contributed by atoms with Gasteiger partial charge in [-0.2, -0.15) is 0 Å². The Bertz CT molecular complexity index is 595. The Kier molecular flexibility index (Phi) is 3.29. The van der Waals surface area contributed by atoms with E-state index < -0.39 is 9.84 Å². The number of aromatic nitrogens is 2. The molecule has 0 spiro atoms. The van der Waals surface area contributed by atoms with Crippen LogP contribution >= 0.6 is 0 Å². The quantitative estimate of drug-likeness (QED) is 0.773. The summed E-state index contributed by atoms with van der Waals surface area (Å²) in [6.07, 6.45) is 1.29. The van der Waals surface area contributed by atoms with E-state index in [0.717, 1.165) is 0 Å². The summed E-state index contributed by atoms with van der Waals surface area (Å²) in [5.41, 5.74) is -0.372. The van der Waals surface area contributed by atoms with Crippen LogP contribution in [0.3, 0.4) is 0 Å². The number of hydrogen-bond donors (Lipinski definition) is 1. The molecule has 0 saturated carbocycles. The normalized spacial score (nSPS) is 22.8. The largest absolute Gasteiger partial charge is 0.489 e. The third-order valence-electron chi connectivity index (χ3n) is 2.94. The van der Waals surface area contributed by atoms with Crippen molar-refractivity contribution in [2.24, 2.45) is 0 Å². The molecule has 0 aliphatic carbocycles. The maximum atomic E-state index is 11.6. The Morgan fingerprint density at radius 2 is 2.28 bits per heavy atom. The van der Waals surface area contributed by atoms with Gasteiger partial charge in [0.05, 0.1) is 24.9 Å². The topological polar surface area (TPSA) is 92.4 Å². The van der Waals surface area contributed by atoms with Crippen molar-refractivity contribution in [1.82, 2.24) is 9.97 Å². The number of H-pyrrole nitrogens is 1. The number of sulfone groups is 1. The molecule has 1 aromatic rings. The Morgan fingerprint density at radius 1 is 1.56 bits per heavy atom. The van der Waals surface area contributed by atoms with E-state index in [1.54, 1.807) is 11.8 Å². The third kappa shape index (κ3) is 2.33. The molecule has 18 heavy (non-hydrogen) atoms. The second-order valence-corrected chi connectivity index (χ2v) is 6.47. The molecule has 1 aromatic heterocycles. The van der Waals surface area contributed by atoms with Crippen molar-refractivity contribution < 1.29 is 13.2 Å². The molecular formula is C10H15N3O4S. The van der Waals surface area contributed by atoms with Crippen LogP contribution in [-0.4, -0.2) is 49.6 Å². The van der Waals surface area contributed by atoms with Gasteiger partial charge in [0.15, 0.2) is 15.7 Å². The second-order valence-electron chi connectivity index (χ2n) is 4.25. The highest BCUT2D eigenvalue weighted by atomic mass is 32.2. The Hall–Kier alpha value is -1.57. The first-order chi connectivity index (χ1) is 8.44. The number of rotatable bonds is 2. The van der Waals surface area contributed by atoms with Gasteiger partial charge in [-0.3, -0.25) is 4.79 Å². The predicted octanol–water partition coefficient (Wildman–Crippen LogP) is -0.598. The molecule has 2 heterocycles. The van der Waals surface area contributed by atoms with Crippen molar-refractivity contribution >= 4 is 15.7 Å². The van der Waals surface area contributed by atoms with Gasteiger partial charge in [0, 0.05) is 12.6 Å². The van der Waals surface area contributed by atoms with Gasteiger partial charge in [-0.25, -0.2) is 13.4 Å². The number of nitrogens with one attached hydrogen (secondary N) is 1. The molecule has 1 saturated heterocycles. The number of nitrogens with zero attached hydrogens (tertiary/aromatic N) is 2. The van der Waals surface area contributed by atoms with E-state index in [-0.39, 0.29) is 28.9 Å². The Balaban J connectivity index is 2.39. The van der Waals surface area contributed by atoms with E-state index in [0.29, 0.717) is 12.4 Å². The number of ether oxygens (including phenoxy) is 1. The molecule has 1 fully saturated rings. The van der Waals surface area contributed by atoms with Gasteiger partial charge >= 0.3 is 0 Å². The van der Waals surface area contributed by atoms with E-state index in [1.165, 1.54) is 13.4 Å². The van der Waals surface area contributed by atoms with Crippen molar-refractivity contribution in [1.29, 1.82) is 0 Å². The van der Waals surface area contributed by atoms with Crippen LogP contribution in [-0.2, 0) is 9.84 Å². The third-order valence-corrected chi connectivity index (χ3v) is 4.73. The average Bonchev–Trinajstić information content (AvgIpc) is 2.27. The van der Waals surface area contributed by atoms with Gasteiger partial charge in [-0.05, 0) is 6.92 Å². The van der Waals surface area contributed by atoms with E-state index in [2.05, 4.69) is 9.97 Å². The van der Waals surface area contributed by atoms with Crippen LogP contribution in [0.5, 0.6) is 5.75 Å². The molecule has 1 N–H and O–H groups in total. The van der Waals surface area contributed by atoms with Crippen LogP contribution in [0.4, 0.5) is 5.82 Å². The van der Waals surface area contributed by atoms with E-state index in [9.17, 15) is 13.2 Å². The zero-order chi connectivity index (χ0) is 13.3. The van der Waals surface area contributed by atoms with Crippen molar-refractivity contribution in [3.05, 3.63) is 16.7 Å². The molecule has 0 aromatic carbocycles. The van der Waals surface area contributed by atoms with Gasteiger partial charge in [-0.15, -0.1) is 0 Å². The highest BCUT2D eigenvalue weighted by Crippen LogP contribution is 2.25. The van der Waals surface area contributed by atoms with E-state index >= 15 is 0 Å². The van der Waals surface area contributed by atoms with Crippen LogP contribution in [0.2, 0.25) is 0 Å². The minimum absolute atomic E-state index is 0.0602. The monoisotopic (exact) mass is 273 g/mol. The molecule has 7 nitrogen and oxygen atoms in total. The molecule has 1 aliphatic heterocycles. The average molecular weight is 273 g/mol. The minimum Gasteiger partial charge on any atom is -0.489 e. The van der Waals surface area contributed by atoms with Crippen LogP contribution < -0.4 is 15.2 Å². The van der Waals surface area contributed by atoms with E-state index in [4.69, 9.17) is 4.74 Å². The van der Waals surface area contributed by atoms with Crippen LogP contribution in [0.25, 0.3) is 0 Å². The van der Waals surface area contributed by atoms with Gasteiger partial charge in [0.25, 0.3) is 5.56 Å². The summed E-state index contributed by atoms with van der Waals surface area (Å²) in [5, 5.41) is 0. The fourth-order valence-electron chi connectivity index (χ4n) is 2.08. The lowest BCUT2D eigenvalue weighted by Gasteiger charge is -2.34. The number of methoxy groups -OCH3 is 1. The smallest absolute Gasteiger partial charge is 0.295 e. The lowest BCUT2D eigenvalue weighted by Crippen LogP contribution is -2.47. The lowest BCUT2D eigenvalue weighted by atomic mass is 10.3. The fourth-order valence-corrected chi connectivity index (χ4v) is 3.64. The summed E-state index contributed by atoms with van der Waals surface area (Å²) in [5.74, 6) is 0.631. The molecule has 8 heteroatoms. The molecule has 1 aliphatic rings. The molecular weight excluding hydrogens is 258 g/mol. The van der Waals surface area contributed by atoms with Crippen molar-refractivity contribution in [3.63, 3.8) is 0 Å². The minimum atomic E-state index is -3.00. The van der Waals surface area contributed by atoms with Crippen LogP contribution in [0.15, 0.2) is 11.1 Å². The van der Waals surface area contributed by atoms with Crippen molar-refractivity contribution in [2.75, 3.05) is 30.1 Å². The molecule has 100 valence electrons. The van der Waals surface area contributed by atoms with Crippen molar-refractivity contribution in [2.45, 2.75) is 13.0 Å². The maximum absolute atomic E-state index is 11.6. The molecule has 0 radical (unpaired) electrons. The summed E-state index contributed by atoms with van der Waals surface area (Å²) in [7, 11) is -1.61. The van der Waals surface area contributed by atoms with Gasteiger partial charge < -0.3 is 14.6 Å². The van der Waals surface area contributed by atoms with Gasteiger partial charge in [0.2, 0.25) is 5.75 Å². The summed E-state index contributed by atoms with van der Waals surface area (Å²) in [4.78, 5) is 19.9. The summed E-state index contributed by atoms with van der Waals surface area (Å²) < 4.78 is 28.1. The maximum Gasteiger partial charge on any atom is 0.295 e. The zero-order valence-electron chi connectivity index (χ0n) is 10.2. The zero-order valence-corrected chi connectivity index (χ0v) is 11.0. The van der Waals surface area contributed by atoms with Gasteiger partial charge in [0.1, 0.15) is 0 Å². The van der Waals surface area contributed by atoms with E-state index in [1.807, 2.05) is 0 Å². The number of aromatic amines is 1. The van der Waals surface area contributed by atoms with Crippen molar-refractivity contribution in [3.8, 4) is 5.75 Å². The first-order valence-corrected chi connectivity index (χ1v) is 7.35. The number of hydrogen-bond acceptors (Lipinski definition) is 6. The summed E-state index contributed by atoms with van der Waals surface area (Å²) in [6, 6.07) is -0.230. The molecule has 0 amide bonds. The highest BCUT2D eigenvalue weighted by molar-refractivity contribution is 7.91. The highest BCUT2D eigenvalue weighted by Gasteiger charge is 2.31. The molecule has 1 atom stereocenters. The van der Waals surface area contributed by atoms with Gasteiger partial charge in [-0.1, -0.05) is 0 Å². The second kappa shape index (κ2) is 4.60. The first-order valence-electron chi connectivity index (χ1n) is 5.53. The Labute approximate surface area is 105 Å². The van der Waals surface area contributed by atoms with Crippen LogP contribution in [0, 0.1) is 0 Å². The first kappa shape index (κ1) is 12.9. The molecule has 0 bridgehead atoms. The molecule has 2 rings (SSSR count). The fraction of sp³-hybridized carbons (Fsp3) is 0.600. The summed E-state index contributed by atoms with van der Waals surface area (Å²) >= 11 is 0. The molecule has 1 unspecified atom stereocenters.